The number of allylic oxidation sites excluding steroid dienone is 2. The van der Waals surface area contributed by atoms with E-state index in [1.165, 1.54) is 0 Å². The van der Waals surface area contributed by atoms with E-state index in [0.717, 1.165) is 0 Å². The predicted molar refractivity (Wildman–Crippen MR) is 85.5 cm³/mol. The first kappa shape index (κ1) is 18.4. The van der Waals surface area contributed by atoms with E-state index < -0.39 is 15.2 Å². The third-order valence-corrected chi connectivity index (χ3v) is 6.84. The van der Waals surface area contributed by atoms with Gasteiger partial charge in [0.05, 0.1) is 38.8 Å². The summed E-state index contributed by atoms with van der Waals surface area (Å²) in [5.41, 5.74) is -0.225. The Kier molecular flexibility index (Phi) is 5.43. The van der Waals surface area contributed by atoms with Crippen molar-refractivity contribution in [2.75, 3.05) is 38.8 Å². The molecule has 0 amide bonds. The maximum absolute atomic E-state index is 12.3. The molecule has 0 N–H and O–H groups in total. The number of hydrogen-bond donors (Lipinski definition) is 0. The molecule has 2 aliphatic heterocycles. The third kappa shape index (κ3) is 5.30. The second-order valence-corrected chi connectivity index (χ2v) is 11.7. The van der Waals surface area contributed by atoms with Crippen molar-refractivity contribution in [3.8, 4) is 0 Å². The lowest BCUT2D eigenvalue weighted by Crippen LogP contribution is -2.30. The van der Waals surface area contributed by atoms with Gasteiger partial charge in [0.2, 0.25) is 0 Å². The van der Waals surface area contributed by atoms with E-state index in [1.807, 2.05) is 27.7 Å². The molecule has 22 heavy (non-hydrogen) atoms. The summed E-state index contributed by atoms with van der Waals surface area (Å²) >= 11 is 0. The minimum Gasteiger partial charge on any atom is -0.308 e. The van der Waals surface area contributed by atoms with Crippen molar-refractivity contribution in [2.24, 2.45) is 10.8 Å². The summed E-state index contributed by atoms with van der Waals surface area (Å²) < 4.78 is 46.1. The quantitative estimate of drug-likeness (QED) is 0.561. The van der Waals surface area contributed by atoms with E-state index in [9.17, 15) is 9.13 Å². The van der Waals surface area contributed by atoms with Crippen LogP contribution in [0.5, 0.6) is 0 Å². The number of hydrogen-bond acceptors (Lipinski definition) is 6. The lowest BCUT2D eigenvalue weighted by Gasteiger charge is -2.34. The largest absolute Gasteiger partial charge is 0.334 e. The first-order chi connectivity index (χ1) is 10.0. The fourth-order valence-electron chi connectivity index (χ4n) is 1.87. The zero-order chi connectivity index (χ0) is 16.5. The predicted octanol–water partition coefficient (Wildman–Crippen LogP) is 4.07. The van der Waals surface area contributed by atoms with Gasteiger partial charge in [-0.15, -0.1) is 0 Å². The van der Waals surface area contributed by atoms with Crippen LogP contribution in [0.3, 0.4) is 0 Å². The molecule has 128 valence electrons. The highest BCUT2D eigenvalue weighted by atomic mass is 31.2. The summed E-state index contributed by atoms with van der Waals surface area (Å²) in [7, 11) is -6.13. The van der Waals surface area contributed by atoms with Gasteiger partial charge >= 0.3 is 15.2 Å². The summed E-state index contributed by atoms with van der Waals surface area (Å²) in [5.74, 6) is 0. The first-order valence-electron chi connectivity index (χ1n) is 7.45. The summed E-state index contributed by atoms with van der Waals surface area (Å²) in [6.45, 7) is 9.65. The summed E-state index contributed by atoms with van der Waals surface area (Å²) in [6, 6.07) is 0. The Morgan fingerprint density at radius 2 is 1.00 bits per heavy atom. The van der Waals surface area contributed by atoms with Crippen LogP contribution in [0, 0.1) is 10.8 Å². The molecular formula is C14H26O6P2. The van der Waals surface area contributed by atoms with Gasteiger partial charge in [-0.2, -0.15) is 0 Å². The Morgan fingerprint density at radius 3 is 1.27 bits per heavy atom. The van der Waals surface area contributed by atoms with Gasteiger partial charge in [-0.1, -0.05) is 39.8 Å². The normalized spacial score (nSPS) is 29.5. The van der Waals surface area contributed by atoms with Crippen LogP contribution < -0.4 is 0 Å². The highest BCUT2D eigenvalue weighted by Gasteiger charge is 2.37. The van der Waals surface area contributed by atoms with Crippen molar-refractivity contribution in [1.29, 1.82) is 0 Å². The summed E-state index contributed by atoms with van der Waals surface area (Å²) in [5, 5.41) is 0. The zero-order valence-corrected chi connectivity index (χ0v) is 15.5. The van der Waals surface area contributed by atoms with Crippen LogP contribution in [0.4, 0.5) is 0 Å². The smallest absolute Gasteiger partial charge is 0.308 e. The molecule has 2 saturated heterocycles. The highest BCUT2D eigenvalue weighted by molar-refractivity contribution is 7.54. The van der Waals surface area contributed by atoms with Crippen molar-refractivity contribution in [3.63, 3.8) is 0 Å². The average molecular weight is 352 g/mol. The molecular weight excluding hydrogens is 326 g/mol. The van der Waals surface area contributed by atoms with Crippen molar-refractivity contribution in [2.45, 2.75) is 27.7 Å². The lowest BCUT2D eigenvalue weighted by molar-refractivity contribution is 0.0420. The molecule has 0 aromatic rings. The molecule has 2 fully saturated rings. The molecule has 8 heteroatoms. The zero-order valence-electron chi connectivity index (χ0n) is 13.7. The highest BCUT2D eigenvalue weighted by Crippen LogP contribution is 2.55. The lowest BCUT2D eigenvalue weighted by atomic mass is 9.97. The van der Waals surface area contributed by atoms with Crippen molar-refractivity contribution in [1.82, 2.24) is 0 Å². The minimum atomic E-state index is -3.06. The molecule has 0 unspecified atom stereocenters. The maximum Gasteiger partial charge on any atom is 0.334 e. The second-order valence-electron chi connectivity index (χ2n) is 7.48. The van der Waals surface area contributed by atoms with Crippen LogP contribution in [0.25, 0.3) is 0 Å². The molecule has 2 rings (SSSR count). The Bertz CT molecular complexity index is 451. The minimum absolute atomic E-state index is 0.112. The standard InChI is InChI=1S/C14H26O6P2/c1-13(2)9-17-21(15,18-10-13)7-5-6-8-22(16)19-11-14(3,4)12-20-22/h5-6H,7-12H2,1-4H3. The summed E-state index contributed by atoms with van der Waals surface area (Å²) in [4.78, 5) is 0. The van der Waals surface area contributed by atoms with Gasteiger partial charge < -0.3 is 18.1 Å². The molecule has 0 radical (unpaired) electrons. The van der Waals surface area contributed by atoms with Crippen molar-refractivity contribution < 1.29 is 27.2 Å². The second kappa shape index (κ2) is 6.51. The van der Waals surface area contributed by atoms with Crippen LogP contribution in [-0.2, 0) is 27.2 Å². The SMILES string of the molecule is CC1(C)COP(=O)(CC=CCP2(=O)OCC(C)(C)CO2)OC1. The monoisotopic (exact) mass is 352 g/mol. The van der Waals surface area contributed by atoms with Gasteiger partial charge in [0.1, 0.15) is 0 Å². The van der Waals surface area contributed by atoms with Crippen LogP contribution >= 0.6 is 15.2 Å². The van der Waals surface area contributed by atoms with Crippen LogP contribution in [0.15, 0.2) is 12.2 Å². The van der Waals surface area contributed by atoms with E-state index in [1.54, 1.807) is 12.2 Å². The van der Waals surface area contributed by atoms with E-state index in [-0.39, 0.29) is 23.2 Å². The maximum atomic E-state index is 12.3. The first-order valence-corrected chi connectivity index (χ1v) is 10.9. The van der Waals surface area contributed by atoms with E-state index in [4.69, 9.17) is 18.1 Å². The molecule has 0 aromatic carbocycles. The van der Waals surface area contributed by atoms with E-state index in [2.05, 4.69) is 0 Å². The van der Waals surface area contributed by atoms with Crippen LogP contribution in [0.2, 0.25) is 0 Å². The molecule has 0 bridgehead atoms. The fourth-order valence-corrected chi connectivity index (χ4v) is 5.44. The molecule has 2 heterocycles. The van der Waals surface area contributed by atoms with Crippen LogP contribution in [-0.4, -0.2) is 38.8 Å². The third-order valence-electron chi connectivity index (χ3n) is 3.43. The van der Waals surface area contributed by atoms with E-state index >= 15 is 0 Å². The van der Waals surface area contributed by atoms with Crippen molar-refractivity contribution >= 4 is 15.2 Å². The Labute approximate surface area is 132 Å². The van der Waals surface area contributed by atoms with Gasteiger partial charge in [0.15, 0.2) is 0 Å². The fraction of sp³-hybridized carbons (Fsp3) is 0.857. The Hall–Kier alpha value is 0.0400. The van der Waals surface area contributed by atoms with Crippen molar-refractivity contribution in [3.05, 3.63) is 12.2 Å². The summed E-state index contributed by atoms with van der Waals surface area (Å²) in [6.07, 6.45) is 3.69. The number of rotatable bonds is 4. The Morgan fingerprint density at radius 1 is 0.727 bits per heavy atom. The molecule has 0 atom stereocenters. The van der Waals surface area contributed by atoms with Crippen LogP contribution in [0.1, 0.15) is 27.7 Å². The van der Waals surface area contributed by atoms with Gasteiger partial charge in [-0.05, 0) is 0 Å². The molecule has 0 aliphatic carbocycles. The molecule has 0 saturated carbocycles. The van der Waals surface area contributed by atoms with Gasteiger partial charge in [0.25, 0.3) is 0 Å². The van der Waals surface area contributed by atoms with E-state index in [0.29, 0.717) is 26.4 Å². The molecule has 2 aliphatic rings. The molecule has 0 spiro atoms. The van der Waals surface area contributed by atoms with Gasteiger partial charge in [-0.25, -0.2) is 0 Å². The van der Waals surface area contributed by atoms with Gasteiger partial charge in [0, 0.05) is 10.8 Å². The topological polar surface area (TPSA) is 71.1 Å². The average Bonchev–Trinajstić information content (AvgIpc) is 2.43. The molecule has 6 nitrogen and oxygen atoms in total. The van der Waals surface area contributed by atoms with Gasteiger partial charge in [-0.3, -0.25) is 9.13 Å². The molecule has 0 aromatic heterocycles. The Balaban J connectivity index is 1.79.